The lowest BCUT2D eigenvalue weighted by Gasteiger charge is -2.30. The van der Waals surface area contributed by atoms with Gasteiger partial charge in [-0.2, -0.15) is 13.2 Å². The fraction of sp³-hybridized carbons (Fsp3) is 0.238. The van der Waals surface area contributed by atoms with E-state index in [1.54, 1.807) is 54.7 Å². The average Bonchev–Trinajstić information content (AvgIpc) is 3.12. The predicted molar refractivity (Wildman–Crippen MR) is 116 cm³/mol. The standard InChI is InChI=1S/C21H18F3N3O3S2/c1-13-18(31-20(25-13)26-19(28)21(22,23)24)15-9-10-17-14(12-15)6-5-11-27(17)32(29,30)16-7-3-2-4-8-16/h2-4,7-10,12H,5-6,11H2,1H3,(H,25,26,28). The predicted octanol–water partition coefficient (Wildman–Crippen LogP) is 4.76. The number of anilines is 2. The number of hydrogen-bond acceptors (Lipinski definition) is 5. The topological polar surface area (TPSA) is 79.4 Å². The number of amides is 1. The Bertz CT molecular complexity index is 1270. The van der Waals surface area contributed by atoms with E-state index in [0.29, 0.717) is 41.2 Å². The number of hydrogen-bond donors (Lipinski definition) is 1. The van der Waals surface area contributed by atoms with E-state index in [1.807, 2.05) is 6.07 Å². The molecule has 32 heavy (non-hydrogen) atoms. The smallest absolute Gasteiger partial charge is 0.294 e. The van der Waals surface area contributed by atoms with Gasteiger partial charge in [-0.3, -0.25) is 14.4 Å². The quantitative estimate of drug-likeness (QED) is 0.583. The minimum absolute atomic E-state index is 0.147. The van der Waals surface area contributed by atoms with Crippen molar-refractivity contribution in [2.24, 2.45) is 0 Å². The molecule has 0 unspecified atom stereocenters. The molecule has 0 bridgehead atoms. The van der Waals surface area contributed by atoms with Crippen LogP contribution in [0.5, 0.6) is 0 Å². The maximum Gasteiger partial charge on any atom is 0.471 e. The normalized spacial score (nSPS) is 14.2. The molecule has 2 aromatic carbocycles. The Kier molecular flexibility index (Phi) is 5.72. The fourth-order valence-corrected chi connectivity index (χ4v) is 6.08. The molecule has 0 saturated carbocycles. The van der Waals surface area contributed by atoms with Crippen molar-refractivity contribution < 1.29 is 26.4 Å². The third-order valence-corrected chi connectivity index (χ3v) is 7.97. The molecule has 1 aliphatic rings. The molecule has 0 fully saturated rings. The lowest BCUT2D eigenvalue weighted by molar-refractivity contribution is -0.167. The zero-order chi connectivity index (χ0) is 23.1. The highest BCUT2D eigenvalue weighted by molar-refractivity contribution is 7.92. The number of nitrogens with zero attached hydrogens (tertiary/aromatic N) is 2. The highest BCUT2D eigenvalue weighted by Gasteiger charge is 2.39. The van der Waals surface area contributed by atoms with Gasteiger partial charge >= 0.3 is 12.1 Å². The van der Waals surface area contributed by atoms with Gasteiger partial charge in [0, 0.05) is 6.54 Å². The Morgan fingerprint density at radius 3 is 2.56 bits per heavy atom. The largest absolute Gasteiger partial charge is 0.471 e. The third-order valence-electron chi connectivity index (χ3n) is 5.02. The molecule has 1 aromatic heterocycles. The second kappa shape index (κ2) is 8.21. The van der Waals surface area contributed by atoms with Gasteiger partial charge in [0.05, 0.1) is 21.2 Å². The minimum Gasteiger partial charge on any atom is -0.294 e. The van der Waals surface area contributed by atoms with Crippen LogP contribution in [0, 0.1) is 6.92 Å². The molecule has 0 saturated heterocycles. The number of nitrogens with one attached hydrogen (secondary N) is 1. The number of halogens is 3. The summed E-state index contributed by atoms with van der Waals surface area (Å²) in [6.07, 6.45) is -3.70. The summed E-state index contributed by atoms with van der Waals surface area (Å²) in [4.78, 5) is 16.0. The van der Waals surface area contributed by atoms with Gasteiger partial charge in [-0.25, -0.2) is 13.4 Å². The molecule has 0 spiro atoms. The molecule has 168 valence electrons. The van der Waals surface area contributed by atoms with Gasteiger partial charge in [0.15, 0.2) is 5.13 Å². The van der Waals surface area contributed by atoms with E-state index >= 15 is 0 Å². The Hall–Kier alpha value is -2.92. The maximum atomic E-state index is 13.1. The van der Waals surface area contributed by atoms with Gasteiger partial charge in [0.25, 0.3) is 10.0 Å². The first-order chi connectivity index (χ1) is 15.1. The van der Waals surface area contributed by atoms with Crippen LogP contribution in [0.1, 0.15) is 17.7 Å². The van der Waals surface area contributed by atoms with Gasteiger partial charge < -0.3 is 0 Å². The summed E-state index contributed by atoms with van der Waals surface area (Å²) in [5.41, 5.74) is 2.57. The van der Waals surface area contributed by atoms with Crippen LogP contribution in [0.2, 0.25) is 0 Å². The van der Waals surface area contributed by atoms with E-state index < -0.39 is 22.1 Å². The Balaban J connectivity index is 1.66. The molecule has 0 aliphatic carbocycles. The number of alkyl halides is 3. The number of aryl methyl sites for hydroxylation is 2. The zero-order valence-corrected chi connectivity index (χ0v) is 18.4. The van der Waals surface area contributed by atoms with E-state index in [9.17, 15) is 26.4 Å². The number of fused-ring (bicyclic) bond motifs is 1. The van der Waals surface area contributed by atoms with Crippen LogP contribution in [0.25, 0.3) is 10.4 Å². The molecule has 0 radical (unpaired) electrons. The Labute approximate surface area is 186 Å². The molecule has 6 nitrogen and oxygen atoms in total. The van der Waals surface area contributed by atoms with E-state index in [2.05, 4.69) is 4.98 Å². The SMILES string of the molecule is Cc1nc(NC(=O)C(F)(F)F)sc1-c1ccc2c(c1)CCCN2S(=O)(=O)c1ccccc1. The number of carbonyl (C=O) groups is 1. The molecule has 0 atom stereocenters. The third kappa shape index (κ3) is 4.22. The lowest BCUT2D eigenvalue weighted by Crippen LogP contribution is -2.35. The summed E-state index contributed by atoms with van der Waals surface area (Å²) in [6.45, 7) is 2.00. The van der Waals surface area contributed by atoms with Gasteiger partial charge in [0.1, 0.15) is 0 Å². The lowest BCUT2D eigenvalue weighted by atomic mass is 10.00. The van der Waals surface area contributed by atoms with Crippen molar-refractivity contribution in [3.63, 3.8) is 0 Å². The molecule has 1 N–H and O–H groups in total. The zero-order valence-electron chi connectivity index (χ0n) is 16.8. The van der Waals surface area contributed by atoms with Crippen molar-refractivity contribution in [3.8, 4) is 10.4 Å². The van der Waals surface area contributed by atoms with Gasteiger partial charge in [-0.1, -0.05) is 35.6 Å². The van der Waals surface area contributed by atoms with Crippen molar-refractivity contribution in [2.75, 3.05) is 16.2 Å². The minimum atomic E-state index is -5.00. The van der Waals surface area contributed by atoms with Crippen molar-refractivity contribution >= 4 is 38.1 Å². The molecule has 1 amide bonds. The van der Waals surface area contributed by atoms with Crippen molar-refractivity contribution in [1.82, 2.24) is 4.98 Å². The van der Waals surface area contributed by atoms with E-state index in [4.69, 9.17) is 0 Å². The second-order valence-corrected chi connectivity index (χ2v) is 10.1. The molecular formula is C21H18F3N3O3S2. The first kappa shape index (κ1) is 22.3. The van der Waals surface area contributed by atoms with Crippen LogP contribution in [0.3, 0.4) is 0 Å². The first-order valence-corrected chi connectivity index (χ1v) is 11.9. The van der Waals surface area contributed by atoms with Crippen molar-refractivity contribution in [2.45, 2.75) is 30.8 Å². The summed E-state index contributed by atoms with van der Waals surface area (Å²) in [5, 5.41) is 1.63. The number of thiazole rings is 1. The van der Waals surface area contributed by atoms with Crippen molar-refractivity contribution in [3.05, 3.63) is 59.8 Å². The van der Waals surface area contributed by atoms with Crippen LogP contribution in [-0.2, 0) is 21.2 Å². The van der Waals surface area contributed by atoms with Crippen LogP contribution < -0.4 is 9.62 Å². The monoisotopic (exact) mass is 481 g/mol. The second-order valence-electron chi connectivity index (χ2n) is 7.22. The number of aromatic nitrogens is 1. The average molecular weight is 482 g/mol. The highest BCUT2D eigenvalue weighted by atomic mass is 32.2. The van der Waals surface area contributed by atoms with E-state index in [0.717, 1.165) is 16.9 Å². The van der Waals surface area contributed by atoms with Gasteiger partial charge in [-0.05, 0) is 55.2 Å². The summed E-state index contributed by atoms with van der Waals surface area (Å²) < 4.78 is 65.2. The number of benzene rings is 2. The first-order valence-electron chi connectivity index (χ1n) is 9.64. The number of carbonyl (C=O) groups excluding carboxylic acids is 1. The molecule has 2 heterocycles. The van der Waals surface area contributed by atoms with E-state index in [-0.39, 0.29) is 10.0 Å². The molecule has 11 heteroatoms. The molecular weight excluding hydrogens is 463 g/mol. The van der Waals surface area contributed by atoms with Gasteiger partial charge in [0.2, 0.25) is 0 Å². The number of sulfonamides is 1. The van der Waals surface area contributed by atoms with Crippen LogP contribution in [0.15, 0.2) is 53.4 Å². The summed E-state index contributed by atoms with van der Waals surface area (Å²) in [6, 6.07) is 13.4. The highest BCUT2D eigenvalue weighted by Crippen LogP contribution is 2.38. The fourth-order valence-electron chi connectivity index (χ4n) is 3.56. The van der Waals surface area contributed by atoms with E-state index in [1.165, 1.54) is 4.31 Å². The van der Waals surface area contributed by atoms with Crippen LogP contribution in [-0.4, -0.2) is 32.0 Å². The van der Waals surface area contributed by atoms with Crippen molar-refractivity contribution in [1.29, 1.82) is 0 Å². The van der Waals surface area contributed by atoms with Crippen LogP contribution >= 0.6 is 11.3 Å². The molecule has 4 rings (SSSR count). The number of rotatable bonds is 4. The summed E-state index contributed by atoms with van der Waals surface area (Å²) >= 11 is 0.936. The van der Waals surface area contributed by atoms with Gasteiger partial charge in [-0.15, -0.1) is 0 Å². The Morgan fingerprint density at radius 1 is 1.16 bits per heavy atom. The Morgan fingerprint density at radius 2 is 1.88 bits per heavy atom. The maximum absolute atomic E-state index is 13.1. The van der Waals surface area contributed by atoms with Crippen LogP contribution in [0.4, 0.5) is 24.0 Å². The molecule has 1 aliphatic heterocycles. The summed E-state index contributed by atoms with van der Waals surface area (Å²) in [7, 11) is -3.71. The summed E-state index contributed by atoms with van der Waals surface area (Å²) in [5.74, 6) is -2.08. The molecule has 3 aromatic rings.